The predicted octanol–water partition coefficient (Wildman–Crippen LogP) is -2.34. The quantitative estimate of drug-likeness (QED) is 0.168. The molecule has 1 saturated heterocycles. The van der Waals surface area contributed by atoms with Gasteiger partial charge < -0.3 is 40.3 Å². The minimum absolute atomic E-state index is 0.115. The van der Waals surface area contributed by atoms with Gasteiger partial charge in [0.1, 0.15) is 18.3 Å². The summed E-state index contributed by atoms with van der Waals surface area (Å²) < 4.78 is 51.6. The number of aromatic nitrogens is 4. The number of fused-ring (bicyclic) bond motifs is 1. The Kier molecular flexibility index (Phi) is 6.78. The van der Waals surface area contributed by atoms with Gasteiger partial charge in [0, 0.05) is 0 Å². The van der Waals surface area contributed by atoms with Gasteiger partial charge in [-0.3, -0.25) is 18.9 Å². The molecule has 0 aromatic carbocycles. The Labute approximate surface area is 175 Å². The Hall–Kier alpha value is -1.56. The van der Waals surface area contributed by atoms with Crippen molar-refractivity contribution in [2.24, 2.45) is 0 Å². The standard InChI is InChI=1S/C10H16N5O14P3/c11-10-13-7-4(8(18)14-10)12-2-15(7)9-6(17)5(16)3(27-9)1-26-31(22,23)29-32(24,25)28-30(19,20)21/h2-3,5-6,9,16-17H,1H2,(H,22,23)(H,24,25)(H2,19,20,21)(H3,11,13,14,18)/t3-,5+,6?,9-/m1/s1/i2+1. The number of nitrogens with one attached hydrogen (secondary N) is 1. The first kappa shape index (κ1) is 25.1. The van der Waals surface area contributed by atoms with Crippen molar-refractivity contribution in [3.8, 4) is 0 Å². The third-order valence-electron chi connectivity index (χ3n) is 3.88. The van der Waals surface area contributed by atoms with Crippen LogP contribution in [0.1, 0.15) is 6.23 Å². The van der Waals surface area contributed by atoms with Crippen molar-refractivity contribution < 1.29 is 61.4 Å². The maximum Gasteiger partial charge on any atom is 0.490 e. The second-order valence-electron chi connectivity index (χ2n) is 6.21. The summed E-state index contributed by atoms with van der Waals surface area (Å²) in [6.45, 7) is -1.01. The molecule has 0 saturated carbocycles. The molecule has 0 aliphatic carbocycles. The number of imidazole rings is 1. The Morgan fingerprint density at radius 2 is 1.78 bits per heavy atom. The number of aromatic amines is 1. The summed E-state index contributed by atoms with van der Waals surface area (Å²) in [5.74, 6) is -0.276. The number of nitrogen functional groups attached to an aromatic ring is 1. The number of hydrogen-bond donors (Lipinski definition) is 8. The number of hydrogen-bond acceptors (Lipinski definition) is 13. The van der Waals surface area contributed by atoms with Crippen LogP contribution in [-0.4, -0.2) is 74.2 Å². The number of phosphoric ester groups is 1. The fourth-order valence-corrected chi connectivity index (χ4v) is 5.73. The van der Waals surface area contributed by atoms with Crippen LogP contribution < -0.4 is 11.3 Å². The van der Waals surface area contributed by atoms with Crippen molar-refractivity contribution in [1.29, 1.82) is 0 Å². The fourth-order valence-electron chi connectivity index (χ4n) is 2.70. The van der Waals surface area contributed by atoms with E-state index < -0.39 is 60.2 Å². The van der Waals surface area contributed by atoms with Gasteiger partial charge in [-0.05, 0) is 0 Å². The van der Waals surface area contributed by atoms with E-state index in [4.69, 9.17) is 25.2 Å². The molecule has 6 atom stereocenters. The number of ether oxygens (including phenoxy) is 1. The van der Waals surface area contributed by atoms with Crippen molar-refractivity contribution in [2.75, 3.05) is 12.3 Å². The van der Waals surface area contributed by atoms with Crippen LogP contribution in [-0.2, 0) is 31.6 Å². The second-order valence-corrected chi connectivity index (χ2v) is 10.6. The molecule has 2 aromatic rings. The first-order chi connectivity index (χ1) is 14.6. The molecule has 0 bridgehead atoms. The fraction of sp³-hybridized carbons (Fsp3) is 0.500. The lowest BCUT2D eigenvalue weighted by atomic mass is 10.1. The van der Waals surface area contributed by atoms with Crippen molar-refractivity contribution in [3.05, 3.63) is 16.7 Å². The zero-order chi connectivity index (χ0) is 24.1. The normalized spacial score (nSPS) is 27.9. The lowest BCUT2D eigenvalue weighted by Gasteiger charge is -2.19. The van der Waals surface area contributed by atoms with E-state index in [-0.39, 0.29) is 17.1 Å². The van der Waals surface area contributed by atoms with Crippen LogP contribution in [0.15, 0.2) is 11.1 Å². The zero-order valence-electron chi connectivity index (χ0n) is 15.3. The molecule has 19 nitrogen and oxygen atoms in total. The zero-order valence-corrected chi connectivity index (χ0v) is 18.0. The molecule has 3 heterocycles. The molecule has 3 unspecified atom stereocenters. The first-order valence-electron chi connectivity index (χ1n) is 8.11. The third kappa shape index (κ3) is 5.67. The number of H-pyrrole nitrogens is 1. The molecule has 1 fully saturated rings. The summed E-state index contributed by atoms with van der Waals surface area (Å²) in [6, 6.07) is 0. The van der Waals surface area contributed by atoms with Gasteiger partial charge in [0.05, 0.1) is 12.9 Å². The van der Waals surface area contributed by atoms with Gasteiger partial charge in [0.25, 0.3) is 5.56 Å². The second kappa shape index (κ2) is 8.66. The summed E-state index contributed by atoms with van der Waals surface area (Å²) in [5.41, 5.74) is 4.50. The summed E-state index contributed by atoms with van der Waals surface area (Å²) in [5, 5.41) is 20.4. The SMILES string of the molecule is Nc1nc2c(n[13cH]n2[C@@H]2O[C@H](COP(=O)(O)OP(=O)(O)OP(=O)(O)O)[C@H](O)C2O)c(=O)[nH]1. The number of nitrogens with two attached hydrogens (primary N) is 1. The van der Waals surface area contributed by atoms with E-state index in [0.717, 1.165) is 10.9 Å². The molecular weight excluding hydrogens is 508 g/mol. The summed E-state index contributed by atoms with van der Waals surface area (Å²) in [7, 11) is -16.8. The Morgan fingerprint density at radius 1 is 1.12 bits per heavy atom. The maximum atomic E-state index is 11.9. The van der Waals surface area contributed by atoms with Gasteiger partial charge in [-0.15, -0.1) is 0 Å². The average Bonchev–Trinajstić information content (AvgIpc) is 3.12. The van der Waals surface area contributed by atoms with Crippen molar-refractivity contribution >= 4 is 40.6 Å². The van der Waals surface area contributed by atoms with Gasteiger partial charge in [0.15, 0.2) is 17.4 Å². The summed E-state index contributed by atoms with van der Waals surface area (Å²) >= 11 is 0. The highest BCUT2D eigenvalue weighted by molar-refractivity contribution is 7.66. The lowest BCUT2D eigenvalue weighted by molar-refractivity contribution is -0.0503. The minimum Gasteiger partial charge on any atom is -0.387 e. The summed E-state index contributed by atoms with van der Waals surface area (Å²) in [6.07, 6.45) is -5.33. The number of phosphoric acid groups is 3. The van der Waals surface area contributed by atoms with Gasteiger partial charge in [-0.1, -0.05) is 0 Å². The number of aliphatic hydroxyl groups is 2. The largest absolute Gasteiger partial charge is 0.490 e. The van der Waals surface area contributed by atoms with E-state index >= 15 is 0 Å². The van der Waals surface area contributed by atoms with Crippen molar-refractivity contribution in [1.82, 2.24) is 19.5 Å². The van der Waals surface area contributed by atoms with E-state index in [2.05, 4.69) is 28.1 Å². The van der Waals surface area contributed by atoms with E-state index in [1.807, 2.05) is 0 Å². The van der Waals surface area contributed by atoms with E-state index in [1.54, 1.807) is 0 Å². The van der Waals surface area contributed by atoms with E-state index in [0.29, 0.717) is 0 Å². The van der Waals surface area contributed by atoms with Gasteiger partial charge in [-0.25, -0.2) is 18.7 Å². The monoisotopic (exact) mass is 524 g/mol. The van der Waals surface area contributed by atoms with Crippen LogP contribution in [0, 0.1) is 0 Å². The number of rotatable bonds is 8. The molecule has 9 N–H and O–H groups in total. The predicted molar refractivity (Wildman–Crippen MR) is 98.3 cm³/mol. The van der Waals surface area contributed by atoms with Crippen molar-refractivity contribution in [3.63, 3.8) is 0 Å². The first-order valence-corrected chi connectivity index (χ1v) is 12.6. The van der Waals surface area contributed by atoms with Gasteiger partial charge in [0.2, 0.25) is 5.95 Å². The van der Waals surface area contributed by atoms with Crippen LogP contribution in [0.4, 0.5) is 5.95 Å². The Balaban J connectivity index is 1.72. The topological polar surface area (TPSA) is 299 Å². The molecule has 32 heavy (non-hydrogen) atoms. The van der Waals surface area contributed by atoms with E-state index in [1.165, 1.54) is 0 Å². The molecule has 22 heteroatoms. The average molecular weight is 524 g/mol. The smallest absolute Gasteiger partial charge is 0.387 e. The third-order valence-corrected chi connectivity index (χ3v) is 7.68. The van der Waals surface area contributed by atoms with Gasteiger partial charge in [-0.2, -0.15) is 13.6 Å². The van der Waals surface area contributed by atoms with E-state index in [9.17, 15) is 33.6 Å². The van der Waals surface area contributed by atoms with Crippen molar-refractivity contribution in [2.45, 2.75) is 24.5 Å². The molecule has 0 amide bonds. The molecule has 1 aliphatic rings. The highest BCUT2D eigenvalue weighted by atomic mass is 31.3. The van der Waals surface area contributed by atoms with Crippen LogP contribution in [0.5, 0.6) is 0 Å². The van der Waals surface area contributed by atoms with Gasteiger partial charge >= 0.3 is 23.5 Å². The van der Waals surface area contributed by atoms with Crippen LogP contribution in [0.2, 0.25) is 0 Å². The highest BCUT2D eigenvalue weighted by Crippen LogP contribution is 2.66. The number of nitrogens with zero attached hydrogens (tertiary/aromatic N) is 3. The number of anilines is 1. The molecule has 0 radical (unpaired) electrons. The molecule has 3 rings (SSSR count). The Morgan fingerprint density at radius 3 is 2.41 bits per heavy atom. The Bertz CT molecular complexity index is 1210. The molecule has 1 aliphatic heterocycles. The highest BCUT2D eigenvalue weighted by Gasteiger charge is 2.47. The van der Waals surface area contributed by atoms with Crippen LogP contribution >= 0.6 is 23.5 Å². The molecule has 180 valence electrons. The molecular formula is C10H16N5O14P3. The minimum atomic E-state index is -5.73. The molecule has 0 spiro atoms. The van der Waals surface area contributed by atoms with Crippen LogP contribution in [0.3, 0.4) is 0 Å². The lowest BCUT2D eigenvalue weighted by Crippen LogP contribution is -2.33. The maximum absolute atomic E-state index is 11.9. The van der Waals surface area contributed by atoms with Crippen LogP contribution in [0.25, 0.3) is 11.2 Å². The molecule has 2 aromatic heterocycles. The summed E-state index contributed by atoms with van der Waals surface area (Å²) in [4.78, 5) is 57.3. The number of aliphatic hydroxyl groups excluding tert-OH is 2.